The molecular weight excluding hydrogens is 546 g/mol. The molecule has 2 unspecified atom stereocenters. The Balaban J connectivity index is 1.43. The van der Waals surface area contributed by atoms with Gasteiger partial charge in [0.2, 0.25) is 0 Å². The molecule has 0 fully saturated rings. The number of para-hydroxylation sites is 2. The first-order valence-corrected chi connectivity index (χ1v) is 17.1. The van der Waals surface area contributed by atoms with Gasteiger partial charge in [-0.2, -0.15) is 0 Å². The van der Waals surface area contributed by atoms with E-state index < -0.39 is 15.8 Å². The number of fused-ring (bicyclic) bond motifs is 2. The van der Waals surface area contributed by atoms with E-state index in [0.29, 0.717) is 0 Å². The van der Waals surface area contributed by atoms with Gasteiger partial charge in [0, 0.05) is 27.7 Å². The molecule has 2 atom stereocenters. The van der Waals surface area contributed by atoms with E-state index in [1.807, 2.05) is 0 Å². The molecule has 1 aliphatic heterocycles. The molecular formula is C39H32OP2. The van der Waals surface area contributed by atoms with Crippen molar-refractivity contribution in [2.75, 3.05) is 0 Å². The van der Waals surface area contributed by atoms with Crippen molar-refractivity contribution in [2.24, 2.45) is 0 Å². The maximum atomic E-state index is 7.23. The summed E-state index contributed by atoms with van der Waals surface area (Å²) in [5.74, 6) is 2.27. The summed E-state index contributed by atoms with van der Waals surface area (Å²) in [5.41, 5.74) is 3.83. The molecule has 0 N–H and O–H groups in total. The van der Waals surface area contributed by atoms with Crippen LogP contribution in [0.5, 0.6) is 11.5 Å². The minimum Gasteiger partial charge on any atom is -0.455 e. The van der Waals surface area contributed by atoms with Crippen molar-refractivity contribution in [2.45, 2.75) is 19.8 Å². The second kappa shape index (κ2) is 11.7. The van der Waals surface area contributed by atoms with Crippen LogP contribution in [0.15, 0.2) is 152 Å². The van der Waals surface area contributed by atoms with E-state index in [2.05, 4.69) is 166 Å². The van der Waals surface area contributed by atoms with Crippen LogP contribution in [-0.2, 0) is 0 Å². The first-order valence-electron chi connectivity index (χ1n) is 14.5. The van der Waals surface area contributed by atoms with Crippen molar-refractivity contribution in [3.05, 3.63) is 168 Å². The summed E-state index contributed by atoms with van der Waals surface area (Å²) >= 11 is 0. The summed E-state index contributed by atoms with van der Waals surface area (Å²) in [5, 5.41) is 7.91. The summed E-state index contributed by atoms with van der Waals surface area (Å²) in [6.07, 6.45) is 0. The fourth-order valence-corrected chi connectivity index (χ4v) is 11.0. The van der Waals surface area contributed by atoms with Crippen LogP contribution in [0.25, 0.3) is 0 Å². The van der Waals surface area contributed by atoms with E-state index in [4.69, 9.17) is 4.74 Å². The molecule has 7 rings (SSSR count). The molecule has 6 aromatic carbocycles. The van der Waals surface area contributed by atoms with Gasteiger partial charge in [-0.15, -0.1) is 0 Å². The topological polar surface area (TPSA) is 9.23 Å². The number of hydrogen-bond donors (Lipinski definition) is 0. The third-order valence-corrected chi connectivity index (χ3v) is 13.2. The fourth-order valence-electron chi connectivity index (χ4n) is 5.99. The standard InChI is InChI=1S/C39H32OP2/c1-28-16-12-13-25-35(28)42(32-21-10-5-11-22-32)37-27-15-24-34-29(2)33-23-14-26-36(38(33)40-39(34)37)41(30-17-6-3-7-18-30)31-19-8-4-9-20-31/h3-27,29H,1-2H3. The molecule has 1 heterocycles. The van der Waals surface area contributed by atoms with Crippen molar-refractivity contribution < 1.29 is 4.74 Å². The zero-order valence-electron chi connectivity index (χ0n) is 23.8. The molecule has 3 heteroatoms. The van der Waals surface area contributed by atoms with Gasteiger partial charge in [0.15, 0.2) is 0 Å². The SMILES string of the molecule is Cc1ccccc1P(c1ccccc1)c1cccc2c1Oc1c(cccc1P(c1ccccc1)c1ccccc1)C2C. The Morgan fingerprint density at radius 2 is 0.833 bits per heavy atom. The van der Waals surface area contributed by atoms with Crippen LogP contribution in [-0.4, -0.2) is 0 Å². The van der Waals surface area contributed by atoms with Gasteiger partial charge in [-0.3, -0.25) is 0 Å². The third-order valence-electron chi connectivity index (χ3n) is 8.07. The summed E-state index contributed by atoms with van der Waals surface area (Å²) in [6.45, 7) is 4.56. The molecule has 1 nitrogen and oxygen atoms in total. The van der Waals surface area contributed by atoms with E-state index in [0.717, 1.165) is 11.5 Å². The van der Waals surface area contributed by atoms with Gasteiger partial charge in [-0.1, -0.05) is 159 Å². The molecule has 0 spiro atoms. The zero-order chi connectivity index (χ0) is 28.5. The largest absolute Gasteiger partial charge is 0.455 e. The third kappa shape index (κ3) is 4.88. The Morgan fingerprint density at radius 1 is 0.429 bits per heavy atom. The highest BCUT2D eigenvalue weighted by Gasteiger charge is 2.33. The van der Waals surface area contributed by atoms with E-state index in [-0.39, 0.29) is 5.92 Å². The van der Waals surface area contributed by atoms with Gasteiger partial charge in [-0.05, 0) is 49.5 Å². The second-order valence-electron chi connectivity index (χ2n) is 10.7. The Kier molecular flexibility index (Phi) is 7.48. The average molecular weight is 579 g/mol. The van der Waals surface area contributed by atoms with Gasteiger partial charge in [0.1, 0.15) is 11.5 Å². The number of benzene rings is 6. The van der Waals surface area contributed by atoms with Gasteiger partial charge >= 0.3 is 0 Å². The maximum Gasteiger partial charge on any atom is 0.139 e. The van der Waals surface area contributed by atoms with Crippen LogP contribution >= 0.6 is 15.8 Å². The summed E-state index contributed by atoms with van der Waals surface area (Å²) in [4.78, 5) is 0. The summed E-state index contributed by atoms with van der Waals surface area (Å²) in [7, 11) is -1.63. The first-order chi connectivity index (χ1) is 20.7. The lowest BCUT2D eigenvalue weighted by atomic mass is 9.90. The number of ether oxygens (including phenoxy) is 1. The predicted molar refractivity (Wildman–Crippen MR) is 183 cm³/mol. The van der Waals surface area contributed by atoms with E-state index in [9.17, 15) is 0 Å². The van der Waals surface area contributed by atoms with Crippen LogP contribution in [0.3, 0.4) is 0 Å². The highest BCUT2D eigenvalue weighted by Crippen LogP contribution is 2.49. The maximum absolute atomic E-state index is 7.23. The molecule has 204 valence electrons. The zero-order valence-corrected chi connectivity index (χ0v) is 25.6. The van der Waals surface area contributed by atoms with E-state index in [1.165, 1.54) is 48.5 Å². The average Bonchev–Trinajstić information content (AvgIpc) is 3.04. The summed E-state index contributed by atoms with van der Waals surface area (Å²) < 4.78 is 7.23. The van der Waals surface area contributed by atoms with Crippen LogP contribution < -0.4 is 36.6 Å². The summed E-state index contributed by atoms with van der Waals surface area (Å²) in [6, 6.07) is 55.1. The second-order valence-corrected chi connectivity index (χ2v) is 15.0. The molecule has 0 radical (unpaired) electrons. The van der Waals surface area contributed by atoms with Crippen LogP contribution in [0.1, 0.15) is 29.5 Å². The predicted octanol–water partition coefficient (Wildman–Crippen LogP) is 7.77. The van der Waals surface area contributed by atoms with Gasteiger partial charge in [0.05, 0.1) is 0 Å². The first kappa shape index (κ1) is 26.9. The lowest BCUT2D eigenvalue weighted by molar-refractivity contribution is 0.457. The Morgan fingerprint density at radius 3 is 1.33 bits per heavy atom. The highest BCUT2D eigenvalue weighted by molar-refractivity contribution is 7.80. The number of aryl methyl sites for hydroxylation is 1. The molecule has 0 saturated carbocycles. The number of hydrogen-bond acceptors (Lipinski definition) is 1. The van der Waals surface area contributed by atoms with Crippen molar-refractivity contribution in [1.82, 2.24) is 0 Å². The Hall–Kier alpha value is -4.02. The molecule has 1 aliphatic rings. The van der Waals surface area contributed by atoms with Crippen LogP contribution in [0.2, 0.25) is 0 Å². The fraction of sp³-hybridized carbons (Fsp3) is 0.0769. The lowest BCUT2D eigenvalue weighted by Crippen LogP contribution is -2.28. The molecule has 42 heavy (non-hydrogen) atoms. The minimum atomic E-state index is -0.822. The van der Waals surface area contributed by atoms with Gasteiger partial charge in [0.25, 0.3) is 0 Å². The molecule has 0 saturated heterocycles. The van der Waals surface area contributed by atoms with E-state index >= 15 is 0 Å². The van der Waals surface area contributed by atoms with Crippen LogP contribution in [0, 0.1) is 6.92 Å². The molecule has 0 aliphatic carbocycles. The minimum absolute atomic E-state index is 0.219. The highest BCUT2D eigenvalue weighted by atomic mass is 31.1. The molecule has 6 aromatic rings. The van der Waals surface area contributed by atoms with Crippen molar-refractivity contribution in [3.8, 4) is 11.5 Å². The van der Waals surface area contributed by atoms with Crippen molar-refractivity contribution in [1.29, 1.82) is 0 Å². The molecule has 0 aromatic heterocycles. The number of rotatable bonds is 6. The monoisotopic (exact) mass is 578 g/mol. The Bertz CT molecular complexity index is 1790. The quantitative estimate of drug-likeness (QED) is 0.184. The normalized spacial score (nSPS) is 14.5. The smallest absolute Gasteiger partial charge is 0.139 e. The lowest BCUT2D eigenvalue weighted by Gasteiger charge is -2.33. The van der Waals surface area contributed by atoms with Crippen molar-refractivity contribution >= 4 is 47.7 Å². The molecule has 0 amide bonds. The van der Waals surface area contributed by atoms with Gasteiger partial charge in [-0.25, -0.2) is 0 Å². The van der Waals surface area contributed by atoms with E-state index in [1.54, 1.807) is 0 Å². The van der Waals surface area contributed by atoms with Gasteiger partial charge < -0.3 is 4.74 Å². The Labute approximate surface area is 251 Å². The molecule has 0 bridgehead atoms. The van der Waals surface area contributed by atoms with Crippen molar-refractivity contribution in [3.63, 3.8) is 0 Å². The van der Waals surface area contributed by atoms with Crippen LogP contribution in [0.4, 0.5) is 0 Å².